The predicted molar refractivity (Wildman–Crippen MR) is 85.8 cm³/mol. The van der Waals surface area contributed by atoms with Crippen LogP contribution in [0.3, 0.4) is 0 Å². The lowest BCUT2D eigenvalue weighted by molar-refractivity contribution is 0.387. The number of ether oxygens (including phenoxy) is 1. The highest BCUT2D eigenvalue weighted by Crippen LogP contribution is 2.27. The lowest BCUT2D eigenvalue weighted by atomic mass is 10.1. The summed E-state index contributed by atoms with van der Waals surface area (Å²) in [5.74, 6) is -0.251. The molecule has 0 aliphatic heterocycles. The van der Waals surface area contributed by atoms with Crippen molar-refractivity contribution in [3.05, 3.63) is 47.0 Å². The van der Waals surface area contributed by atoms with Crippen LogP contribution in [0.4, 0.5) is 15.8 Å². The molecule has 1 aromatic heterocycles. The minimum atomic E-state index is -0.417. The fraction of sp³-hybridized carbons (Fsp3) is 0.200. The first-order chi connectivity index (χ1) is 9.92. The van der Waals surface area contributed by atoms with Gasteiger partial charge in [-0.1, -0.05) is 12.2 Å². The minimum Gasteiger partial charge on any atom is -0.494 e. The zero-order chi connectivity index (χ0) is 15.6. The molecule has 0 amide bonds. The summed E-state index contributed by atoms with van der Waals surface area (Å²) in [5.41, 5.74) is 9.45. The Bertz CT molecular complexity index is 704. The van der Waals surface area contributed by atoms with Crippen LogP contribution in [-0.2, 0) is 0 Å². The summed E-state index contributed by atoms with van der Waals surface area (Å²) in [6, 6.07) is 6.37. The number of aromatic nitrogens is 1. The molecule has 3 N–H and O–H groups in total. The number of rotatable bonds is 4. The Hall–Kier alpha value is -2.21. The molecule has 1 aromatic carbocycles. The van der Waals surface area contributed by atoms with Crippen molar-refractivity contribution in [2.24, 2.45) is 5.73 Å². The maximum absolute atomic E-state index is 13.4. The van der Waals surface area contributed by atoms with Crippen molar-refractivity contribution in [3.8, 4) is 5.75 Å². The lowest BCUT2D eigenvalue weighted by Gasteiger charge is -2.15. The van der Waals surface area contributed by atoms with Crippen LogP contribution in [0.5, 0.6) is 5.75 Å². The predicted octanol–water partition coefficient (Wildman–Crippen LogP) is 3.22. The molecule has 0 radical (unpaired) electrons. The molecule has 0 unspecified atom stereocenters. The number of anilines is 2. The number of hydrogen-bond acceptors (Lipinski definition) is 4. The summed E-state index contributed by atoms with van der Waals surface area (Å²) in [7, 11) is 1.42. The Morgan fingerprint density at radius 1 is 1.33 bits per heavy atom. The Kier molecular flexibility index (Phi) is 4.37. The molecule has 6 heteroatoms. The van der Waals surface area contributed by atoms with Crippen LogP contribution in [0.1, 0.15) is 17.0 Å². The van der Waals surface area contributed by atoms with Gasteiger partial charge in [-0.15, -0.1) is 0 Å². The smallest absolute Gasteiger partial charge is 0.165 e. The van der Waals surface area contributed by atoms with Crippen molar-refractivity contribution in [3.63, 3.8) is 0 Å². The average Bonchev–Trinajstić information content (AvgIpc) is 2.39. The molecule has 0 fully saturated rings. The number of nitrogens with zero attached hydrogens (tertiary/aromatic N) is 1. The topological polar surface area (TPSA) is 60.2 Å². The Balaban J connectivity index is 2.46. The summed E-state index contributed by atoms with van der Waals surface area (Å²) in [4.78, 5) is 4.61. The SMILES string of the molecule is COc1cc(Nc2cc(C)nc(C)c2C(N)=S)ccc1F. The van der Waals surface area contributed by atoms with Gasteiger partial charge in [0.2, 0.25) is 0 Å². The molecule has 0 spiro atoms. The van der Waals surface area contributed by atoms with Crippen LogP contribution in [0.15, 0.2) is 24.3 Å². The van der Waals surface area contributed by atoms with Crippen molar-refractivity contribution in [1.29, 1.82) is 0 Å². The van der Waals surface area contributed by atoms with Gasteiger partial charge in [-0.2, -0.15) is 0 Å². The summed E-state index contributed by atoms with van der Waals surface area (Å²) >= 11 is 5.08. The van der Waals surface area contributed by atoms with E-state index < -0.39 is 5.82 Å². The summed E-state index contributed by atoms with van der Waals surface area (Å²) < 4.78 is 18.4. The van der Waals surface area contributed by atoms with E-state index in [1.807, 2.05) is 19.9 Å². The van der Waals surface area contributed by atoms with Crippen molar-refractivity contribution < 1.29 is 9.13 Å². The van der Waals surface area contributed by atoms with E-state index in [2.05, 4.69) is 10.3 Å². The van der Waals surface area contributed by atoms with E-state index in [1.165, 1.54) is 13.2 Å². The van der Waals surface area contributed by atoms with Gasteiger partial charge in [-0.05, 0) is 32.0 Å². The molecule has 0 saturated heterocycles. The molecular formula is C15H16FN3OS. The third-order valence-corrected chi connectivity index (χ3v) is 3.21. The van der Waals surface area contributed by atoms with Crippen LogP contribution in [0.25, 0.3) is 0 Å². The highest BCUT2D eigenvalue weighted by molar-refractivity contribution is 7.80. The Labute approximate surface area is 128 Å². The highest BCUT2D eigenvalue weighted by Gasteiger charge is 2.12. The normalized spacial score (nSPS) is 10.3. The van der Waals surface area contributed by atoms with Crippen LogP contribution in [-0.4, -0.2) is 17.1 Å². The van der Waals surface area contributed by atoms with Gasteiger partial charge in [-0.3, -0.25) is 4.98 Å². The second kappa shape index (κ2) is 6.05. The Morgan fingerprint density at radius 2 is 2.05 bits per heavy atom. The molecular weight excluding hydrogens is 289 g/mol. The molecule has 0 saturated carbocycles. The van der Waals surface area contributed by atoms with E-state index in [0.717, 1.165) is 17.1 Å². The second-order valence-electron chi connectivity index (χ2n) is 4.61. The number of aryl methyl sites for hydroxylation is 2. The van der Waals surface area contributed by atoms with E-state index in [4.69, 9.17) is 22.7 Å². The minimum absolute atomic E-state index is 0.166. The maximum atomic E-state index is 13.4. The van der Waals surface area contributed by atoms with Gasteiger partial charge < -0.3 is 15.8 Å². The molecule has 2 rings (SSSR count). The highest BCUT2D eigenvalue weighted by atomic mass is 32.1. The standard InChI is InChI=1S/C15H16FN3OS/c1-8-6-12(14(15(17)21)9(2)18-8)19-10-4-5-11(16)13(7-10)20-3/h4-7H,1-3H3,(H2,17,21)(H,18,19). The molecule has 0 bridgehead atoms. The largest absolute Gasteiger partial charge is 0.494 e. The maximum Gasteiger partial charge on any atom is 0.165 e. The zero-order valence-electron chi connectivity index (χ0n) is 12.0. The van der Waals surface area contributed by atoms with Gasteiger partial charge in [0.05, 0.1) is 18.4 Å². The monoisotopic (exact) mass is 305 g/mol. The molecule has 0 atom stereocenters. The van der Waals surface area contributed by atoms with E-state index in [-0.39, 0.29) is 10.7 Å². The molecule has 2 aromatic rings. The van der Waals surface area contributed by atoms with E-state index in [1.54, 1.807) is 12.1 Å². The van der Waals surface area contributed by atoms with Gasteiger partial charge in [0.15, 0.2) is 11.6 Å². The van der Waals surface area contributed by atoms with Gasteiger partial charge in [0.1, 0.15) is 4.99 Å². The van der Waals surface area contributed by atoms with Gasteiger partial charge >= 0.3 is 0 Å². The summed E-state index contributed by atoms with van der Waals surface area (Å²) in [6.45, 7) is 3.73. The number of methoxy groups -OCH3 is 1. The number of nitrogens with one attached hydrogen (secondary N) is 1. The first-order valence-corrected chi connectivity index (χ1v) is 6.71. The molecule has 1 heterocycles. The first kappa shape index (κ1) is 15.2. The summed E-state index contributed by atoms with van der Waals surface area (Å²) in [6.07, 6.45) is 0. The van der Waals surface area contributed by atoms with Gasteiger partial charge in [0, 0.05) is 23.1 Å². The van der Waals surface area contributed by atoms with Crippen LogP contribution < -0.4 is 15.8 Å². The molecule has 110 valence electrons. The summed E-state index contributed by atoms with van der Waals surface area (Å²) in [5, 5.41) is 3.18. The van der Waals surface area contributed by atoms with Crippen LogP contribution >= 0.6 is 12.2 Å². The van der Waals surface area contributed by atoms with Crippen molar-refractivity contribution in [2.45, 2.75) is 13.8 Å². The van der Waals surface area contributed by atoms with E-state index in [0.29, 0.717) is 11.3 Å². The fourth-order valence-electron chi connectivity index (χ4n) is 2.13. The first-order valence-electron chi connectivity index (χ1n) is 6.31. The average molecular weight is 305 g/mol. The van der Waals surface area contributed by atoms with Crippen molar-refractivity contribution >= 4 is 28.6 Å². The number of thiocarbonyl (C=S) groups is 1. The third-order valence-electron chi connectivity index (χ3n) is 3.00. The number of halogens is 1. The van der Waals surface area contributed by atoms with Crippen molar-refractivity contribution in [1.82, 2.24) is 4.98 Å². The molecule has 4 nitrogen and oxygen atoms in total. The molecule has 21 heavy (non-hydrogen) atoms. The zero-order valence-corrected chi connectivity index (χ0v) is 12.8. The number of benzene rings is 1. The van der Waals surface area contributed by atoms with Crippen LogP contribution in [0, 0.1) is 19.7 Å². The lowest BCUT2D eigenvalue weighted by Crippen LogP contribution is -2.15. The number of pyridine rings is 1. The Morgan fingerprint density at radius 3 is 2.67 bits per heavy atom. The number of hydrogen-bond donors (Lipinski definition) is 2. The second-order valence-corrected chi connectivity index (χ2v) is 5.05. The van der Waals surface area contributed by atoms with Gasteiger partial charge in [0.25, 0.3) is 0 Å². The molecule has 0 aliphatic rings. The van der Waals surface area contributed by atoms with E-state index >= 15 is 0 Å². The number of nitrogens with two attached hydrogens (primary N) is 1. The quantitative estimate of drug-likeness (QED) is 0.849. The van der Waals surface area contributed by atoms with Gasteiger partial charge in [-0.25, -0.2) is 4.39 Å². The fourth-order valence-corrected chi connectivity index (χ4v) is 2.39. The van der Waals surface area contributed by atoms with Crippen LogP contribution in [0.2, 0.25) is 0 Å². The molecule has 0 aliphatic carbocycles. The van der Waals surface area contributed by atoms with Crippen molar-refractivity contribution in [2.75, 3.05) is 12.4 Å². The third kappa shape index (κ3) is 3.28. The van der Waals surface area contributed by atoms with E-state index in [9.17, 15) is 4.39 Å².